The highest BCUT2D eigenvalue weighted by Crippen LogP contribution is 2.31. The molecule has 2 aromatic carbocycles. The Balaban J connectivity index is 1.30. The molecular weight excluding hydrogens is 491 g/mol. The molecule has 1 amide bonds. The van der Waals surface area contributed by atoms with Gasteiger partial charge in [0.15, 0.2) is 0 Å². The van der Waals surface area contributed by atoms with E-state index in [1.807, 2.05) is 30.3 Å². The van der Waals surface area contributed by atoms with Gasteiger partial charge in [-0.2, -0.15) is 13.2 Å². The molecule has 3 aromatic rings. The number of ether oxygens (including phenoxy) is 1. The SMILES string of the molecule is O=C(O)CCNC(=O)c1ccc(CCCCCCOc2ccc(-c3ccc(C(F)(F)F)cc3)cc2)s1. The lowest BCUT2D eigenvalue weighted by molar-refractivity contribution is -0.138. The Morgan fingerprint density at radius 2 is 1.50 bits per heavy atom. The van der Waals surface area contributed by atoms with E-state index in [-0.39, 0.29) is 18.9 Å². The number of nitrogens with one attached hydrogen (secondary N) is 1. The van der Waals surface area contributed by atoms with Crippen molar-refractivity contribution in [1.29, 1.82) is 0 Å². The zero-order valence-electron chi connectivity index (χ0n) is 19.6. The molecule has 9 heteroatoms. The number of aliphatic carboxylic acids is 1. The van der Waals surface area contributed by atoms with Crippen molar-refractivity contribution >= 4 is 23.2 Å². The van der Waals surface area contributed by atoms with E-state index in [0.29, 0.717) is 17.0 Å². The number of benzene rings is 2. The minimum Gasteiger partial charge on any atom is -0.494 e. The van der Waals surface area contributed by atoms with Gasteiger partial charge < -0.3 is 15.2 Å². The fraction of sp³-hybridized carbons (Fsp3) is 0.333. The first-order valence-electron chi connectivity index (χ1n) is 11.7. The average Bonchev–Trinajstić information content (AvgIpc) is 3.32. The van der Waals surface area contributed by atoms with Gasteiger partial charge in [-0.25, -0.2) is 0 Å². The topological polar surface area (TPSA) is 75.6 Å². The van der Waals surface area contributed by atoms with Crippen LogP contribution in [0.25, 0.3) is 11.1 Å². The van der Waals surface area contributed by atoms with E-state index in [0.717, 1.165) is 60.4 Å². The van der Waals surface area contributed by atoms with Gasteiger partial charge >= 0.3 is 12.1 Å². The lowest BCUT2D eigenvalue weighted by Crippen LogP contribution is -2.25. The maximum absolute atomic E-state index is 12.7. The minimum absolute atomic E-state index is 0.0955. The largest absolute Gasteiger partial charge is 0.494 e. The summed E-state index contributed by atoms with van der Waals surface area (Å²) < 4.78 is 43.9. The molecule has 0 aliphatic heterocycles. The van der Waals surface area contributed by atoms with Gasteiger partial charge in [0.25, 0.3) is 5.91 Å². The molecule has 0 saturated heterocycles. The molecule has 0 bridgehead atoms. The molecule has 1 aromatic heterocycles. The van der Waals surface area contributed by atoms with E-state index in [1.165, 1.54) is 23.5 Å². The predicted molar refractivity (Wildman–Crippen MR) is 133 cm³/mol. The molecule has 0 spiro atoms. The lowest BCUT2D eigenvalue weighted by atomic mass is 10.0. The van der Waals surface area contributed by atoms with Crippen LogP contribution in [0, 0.1) is 0 Å². The van der Waals surface area contributed by atoms with E-state index in [9.17, 15) is 22.8 Å². The standard InChI is InChI=1S/C27H28F3NO4S/c28-27(29,30)21-10-6-19(7-11-21)20-8-12-22(13-9-20)35-18-4-2-1-3-5-23-14-15-24(36-23)26(34)31-17-16-25(32)33/h6-15H,1-5,16-18H2,(H,31,34)(H,32,33). The summed E-state index contributed by atoms with van der Waals surface area (Å²) in [6, 6.07) is 16.1. The Morgan fingerprint density at radius 3 is 2.14 bits per heavy atom. The Labute approximate surface area is 211 Å². The summed E-state index contributed by atoms with van der Waals surface area (Å²) in [6.07, 6.45) is 0.408. The summed E-state index contributed by atoms with van der Waals surface area (Å²) in [7, 11) is 0. The number of thiophene rings is 1. The van der Waals surface area contributed by atoms with Crippen molar-refractivity contribution < 1.29 is 32.6 Å². The fourth-order valence-corrected chi connectivity index (χ4v) is 4.51. The highest BCUT2D eigenvalue weighted by Gasteiger charge is 2.29. The first-order chi connectivity index (χ1) is 17.2. The molecule has 3 rings (SSSR count). The molecule has 192 valence electrons. The van der Waals surface area contributed by atoms with E-state index < -0.39 is 17.7 Å². The number of amides is 1. The zero-order valence-corrected chi connectivity index (χ0v) is 20.5. The number of carboxylic acids is 1. The van der Waals surface area contributed by atoms with Crippen LogP contribution in [0.3, 0.4) is 0 Å². The molecule has 1 heterocycles. The number of halogens is 3. The van der Waals surface area contributed by atoms with Crippen LogP contribution in [0.4, 0.5) is 13.2 Å². The molecule has 0 atom stereocenters. The second kappa shape index (κ2) is 13.1. The first-order valence-corrected chi connectivity index (χ1v) is 12.5. The molecule has 2 N–H and O–H groups in total. The highest BCUT2D eigenvalue weighted by molar-refractivity contribution is 7.14. The second-order valence-electron chi connectivity index (χ2n) is 8.28. The fourth-order valence-electron chi connectivity index (χ4n) is 3.54. The van der Waals surface area contributed by atoms with Crippen molar-refractivity contribution in [2.45, 2.75) is 44.7 Å². The molecule has 5 nitrogen and oxygen atoms in total. The molecule has 0 aliphatic rings. The maximum Gasteiger partial charge on any atom is 0.416 e. The Bertz CT molecular complexity index is 1130. The summed E-state index contributed by atoms with van der Waals surface area (Å²) in [5.41, 5.74) is 0.875. The van der Waals surface area contributed by atoms with Crippen LogP contribution in [-0.2, 0) is 17.4 Å². The predicted octanol–water partition coefficient (Wildman–Crippen LogP) is 6.82. The van der Waals surface area contributed by atoms with Crippen LogP contribution in [0.2, 0.25) is 0 Å². The normalized spacial score (nSPS) is 11.3. The first kappa shape index (κ1) is 27.3. The van der Waals surface area contributed by atoms with Crippen LogP contribution >= 0.6 is 11.3 Å². The van der Waals surface area contributed by atoms with Gasteiger partial charge in [0.2, 0.25) is 0 Å². The van der Waals surface area contributed by atoms with Crippen LogP contribution < -0.4 is 10.1 Å². The molecule has 36 heavy (non-hydrogen) atoms. The van der Waals surface area contributed by atoms with Crippen LogP contribution in [0.1, 0.15) is 52.2 Å². The number of alkyl halides is 3. The van der Waals surface area contributed by atoms with E-state index >= 15 is 0 Å². The van der Waals surface area contributed by atoms with Gasteiger partial charge in [-0.05, 0) is 66.8 Å². The van der Waals surface area contributed by atoms with Crippen molar-refractivity contribution in [3.8, 4) is 16.9 Å². The quantitative estimate of drug-likeness (QED) is 0.243. The van der Waals surface area contributed by atoms with Crippen molar-refractivity contribution in [3.05, 3.63) is 76.0 Å². The summed E-state index contributed by atoms with van der Waals surface area (Å²) in [4.78, 5) is 24.2. The Kier molecular flexibility index (Phi) is 9.93. The highest BCUT2D eigenvalue weighted by atomic mass is 32.1. The van der Waals surface area contributed by atoms with E-state index in [1.54, 1.807) is 6.07 Å². The van der Waals surface area contributed by atoms with Gasteiger partial charge in [0, 0.05) is 11.4 Å². The number of aryl methyl sites for hydroxylation is 1. The number of unbranched alkanes of at least 4 members (excludes halogenated alkanes) is 3. The van der Waals surface area contributed by atoms with Crippen LogP contribution in [0.5, 0.6) is 5.75 Å². The third-order valence-corrected chi connectivity index (χ3v) is 6.64. The molecule has 0 radical (unpaired) electrons. The Morgan fingerprint density at radius 1 is 0.861 bits per heavy atom. The monoisotopic (exact) mass is 519 g/mol. The summed E-state index contributed by atoms with van der Waals surface area (Å²) in [5, 5.41) is 11.2. The second-order valence-corrected chi connectivity index (χ2v) is 9.45. The van der Waals surface area contributed by atoms with E-state index in [4.69, 9.17) is 9.84 Å². The number of carbonyl (C=O) groups is 2. The molecular formula is C27H28F3NO4S. The third-order valence-electron chi connectivity index (χ3n) is 5.50. The van der Waals surface area contributed by atoms with Gasteiger partial charge in [-0.15, -0.1) is 11.3 Å². The maximum atomic E-state index is 12.7. The zero-order chi connectivity index (χ0) is 26.0. The third kappa shape index (κ3) is 8.71. The van der Waals surface area contributed by atoms with Gasteiger partial charge in [0.05, 0.1) is 23.5 Å². The number of carboxylic acid groups (broad SMARTS) is 1. The van der Waals surface area contributed by atoms with Gasteiger partial charge in [0.1, 0.15) is 5.75 Å². The molecule has 0 aliphatic carbocycles. The summed E-state index contributed by atoms with van der Waals surface area (Å²) in [5.74, 6) is -0.461. The van der Waals surface area contributed by atoms with Crippen molar-refractivity contribution in [2.24, 2.45) is 0 Å². The van der Waals surface area contributed by atoms with Crippen molar-refractivity contribution in [3.63, 3.8) is 0 Å². The number of hydrogen-bond acceptors (Lipinski definition) is 4. The van der Waals surface area contributed by atoms with Gasteiger partial charge in [-0.1, -0.05) is 37.1 Å². The van der Waals surface area contributed by atoms with E-state index in [2.05, 4.69) is 5.32 Å². The molecule has 0 fully saturated rings. The number of rotatable bonds is 13. The molecule has 0 unspecified atom stereocenters. The van der Waals surface area contributed by atoms with Crippen molar-refractivity contribution in [2.75, 3.05) is 13.2 Å². The summed E-state index contributed by atoms with van der Waals surface area (Å²) in [6.45, 7) is 0.700. The minimum atomic E-state index is -4.34. The smallest absolute Gasteiger partial charge is 0.416 e. The summed E-state index contributed by atoms with van der Waals surface area (Å²) >= 11 is 1.43. The number of carbonyl (C=O) groups excluding carboxylic acids is 1. The van der Waals surface area contributed by atoms with Crippen LogP contribution in [0.15, 0.2) is 60.7 Å². The number of hydrogen-bond donors (Lipinski definition) is 2. The molecule has 0 saturated carbocycles. The average molecular weight is 520 g/mol. The lowest BCUT2D eigenvalue weighted by Gasteiger charge is -2.09. The van der Waals surface area contributed by atoms with Crippen LogP contribution in [-0.4, -0.2) is 30.1 Å². The van der Waals surface area contributed by atoms with Crippen molar-refractivity contribution in [1.82, 2.24) is 5.32 Å². The Hall–Kier alpha value is -3.33. The van der Waals surface area contributed by atoms with Gasteiger partial charge in [-0.3, -0.25) is 9.59 Å².